The monoisotopic (exact) mass is 500 g/mol. The molecule has 0 aliphatic carbocycles. The van der Waals surface area contributed by atoms with E-state index in [-0.39, 0.29) is 28.9 Å². The van der Waals surface area contributed by atoms with Crippen LogP contribution in [0.25, 0.3) is 10.9 Å². The van der Waals surface area contributed by atoms with E-state index < -0.39 is 11.7 Å². The van der Waals surface area contributed by atoms with Crippen LogP contribution in [-0.2, 0) is 16.8 Å². The standard InChI is InChI=1S/C27H25FN6O3/c1-15-20(12-29)16(9-25(35)33-17-13-32-34(14-17)27(2,3)4)5-6-23(15)37-24-7-8-31-22-11-21(28)18(26(30)36)10-19(22)24/h5-8,10-11,13-14H,9H2,1-4H3,(H2,30,36)(H,33,35). The summed E-state index contributed by atoms with van der Waals surface area (Å²) in [5, 5.41) is 17.3. The molecule has 2 heterocycles. The number of fused-ring (bicyclic) bond motifs is 1. The fourth-order valence-electron chi connectivity index (χ4n) is 3.83. The van der Waals surface area contributed by atoms with Gasteiger partial charge in [0.25, 0.3) is 5.91 Å². The first-order chi connectivity index (χ1) is 17.5. The molecule has 0 aliphatic rings. The first kappa shape index (κ1) is 25.3. The molecule has 37 heavy (non-hydrogen) atoms. The van der Waals surface area contributed by atoms with Gasteiger partial charge in [-0.05, 0) is 51.5 Å². The number of halogens is 1. The first-order valence-electron chi connectivity index (χ1n) is 11.4. The highest BCUT2D eigenvalue weighted by molar-refractivity contribution is 5.98. The molecule has 4 rings (SSSR count). The zero-order valence-electron chi connectivity index (χ0n) is 20.8. The highest BCUT2D eigenvalue weighted by atomic mass is 19.1. The van der Waals surface area contributed by atoms with Gasteiger partial charge in [0, 0.05) is 29.4 Å². The van der Waals surface area contributed by atoms with Gasteiger partial charge in [-0.2, -0.15) is 10.4 Å². The van der Waals surface area contributed by atoms with Crippen molar-refractivity contribution >= 4 is 28.4 Å². The number of aromatic nitrogens is 3. The van der Waals surface area contributed by atoms with Gasteiger partial charge < -0.3 is 15.8 Å². The lowest BCUT2D eigenvalue weighted by molar-refractivity contribution is -0.115. The number of amides is 2. The van der Waals surface area contributed by atoms with Gasteiger partial charge in [0.15, 0.2) is 0 Å². The number of nitrogens with one attached hydrogen (secondary N) is 1. The van der Waals surface area contributed by atoms with Crippen LogP contribution in [0.3, 0.4) is 0 Å². The Bertz CT molecular complexity index is 1580. The van der Waals surface area contributed by atoms with E-state index >= 15 is 0 Å². The Labute approximate surface area is 212 Å². The fraction of sp³-hybridized carbons (Fsp3) is 0.222. The third-order valence-corrected chi connectivity index (χ3v) is 5.79. The summed E-state index contributed by atoms with van der Waals surface area (Å²) in [4.78, 5) is 28.4. The van der Waals surface area contributed by atoms with E-state index in [9.17, 15) is 19.2 Å². The van der Waals surface area contributed by atoms with Gasteiger partial charge in [0.05, 0.1) is 46.6 Å². The van der Waals surface area contributed by atoms with Gasteiger partial charge in [-0.15, -0.1) is 0 Å². The molecule has 10 heteroatoms. The predicted octanol–water partition coefficient (Wildman–Crippen LogP) is 4.58. The van der Waals surface area contributed by atoms with Crippen LogP contribution in [0, 0.1) is 24.1 Å². The first-order valence-corrected chi connectivity index (χ1v) is 11.4. The third kappa shape index (κ3) is 5.26. The number of hydrogen-bond donors (Lipinski definition) is 2. The summed E-state index contributed by atoms with van der Waals surface area (Å²) < 4.78 is 22.0. The Morgan fingerprint density at radius 2 is 1.97 bits per heavy atom. The summed E-state index contributed by atoms with van der Waals surface area (Å²) in [6.07, 6.45) is 4.75. The van der Waals surface area contributed by atoms with Crippen molar-refractivity contribution in [3.63, 3.8) is 0 Å². The second-order valence-corrected chi connectivity index (χ2v) is 9.53. The van der Waals surface area contributed by atoms with E-state index in [0.29, 0.717) is 39.3 Å². The zero-order valence-corrected chi connectivity index (χ0v) is 20.8. The Morgan fingerprint density at radius 1 is 1.22 bits per heavy atom. The summed E-state index contributed by atoms with van der Waals surface area (Å²) in [5.41, 5.74) is 6.98. The van der Waals surface area contributed by atoms with Crippen LogP contribution in [0.15, 0.2) is 48.9 Å². The number of carbonyl (C=O) groups is 2. The maximum Gasteiger partial charge on any atom is 0.251 e. The molecular weight excluding hydrogens is 475 g/mol. The molecule has 0 saturated carbocycles. The number of ether oxygens (including phenoxy) is 1. The number of primary amides is 1. The minimum absolute atomic E-state index is 0.0237. The summed E-state index contributed by atoms with van der Waals surface area (Å²) in [5.74, 6) is -1.31. The van der Waals surface area contributed by atoms with Gasteiger partial charge in [-0.3, -0.25) is 19.3 Å². The lowest BCUT2D eigenvalue weighted by Crippen LogP contribution is -2.22. The number of nitrogens with zero attached hydrogens (tertiary/aromatic N) is 4. The van der Waals surface area contributed by atoms with Crippen LogP contribution in [0.5, 0.6) is 11.5 Å². The van der Waals surface area contributed by atoms with Gasteiger partial charge >= 0.3 is 0 Å². The van der Waals surface area contributed by atoms with Crippen molar-refractivity contribution in [2.24, 2.45) is 5.73 Å². The molecule has 2 amide bonds. The summed E-state index contributed by atoms with van der Waals surface area (Å²) in [6.45, 7) is 7.71. The molecule has 0 aliphatic heterocycles. The molecule has 0 atom stereocenters. The summed E-state index contributed by atoms with van der Waals surface area (Å²) in [7, 11) is 0. The molecule has 2 aromatic heterocycles. The maximum atomic E-state index is 14.2. The second kappa shape index (κ2) is 9.70. The SMILES string of the molecule is Cc1c(Oc2ccnc3cc(F)c(C(N)=O)cc23)ccc(CC(=O)Nc2cnn(C(C)(C)C)c2)c1C#N. The number of rotatable bonds is 6. The maximum absolute atomic E-state index is 14.2. The number of benzene rings is 2. The van der Waals surface area contributed by atoms with E-state index in [1.54, 1.807) is 42.2 Å². The average molecular weight is 501 g/mol. The van der Waals surface area contributed by atoms with Crippen LogP contribution in [-0.4, -0.2) is 26.6 Å². The van der Waals surface area contributed by atoms with Crippen LogP contribution >= 0.6 is 0 Å². The highest BCUT2D eigenvalue weighted by Gasteiger charge is 2.18. The molecule has 188 valence electrons. The van der Waals surface area contributed by atoms with Crippen LogP contribution in [0.1, 0.15) is 47.8 Å². The zero-order chi connectivity index (χ0) is 26.9. The Balaban J connectivity index is 1.59. The van der Waals surface area contributed by atoms with Gasteiger partial charge in [0.1, 0.15) is 17.3 Å². The number of nitriles is 1. The van der Waals surface area contributed by atoms with Crippen LogP contribution in [0.4, 0.5) is 10.1 Å². The summed E-state index contributed by atoms with van der Waals surface area (Å²) >= 11 is 0. The van der Waals surface area contributed by atoms with E-state index in [1.807, 2.05) is 20.8 Å². The van der Waals surface area contributed by atoms with E-state index in [0.717, 1.165) is 6.07 Å². The van der Waals surface area contributed by atoms with Crippen molar-refractivity contribution in [2.45, 2.75) is 39.7 Å². The van der Waals surface area contributed by atoms with E-state index in [4.69, 9.17) is 10.5 Å². The van der Waals surface area contributed by atoms with Crippen LogP contribution in [0.2, 0.25) is 0 Å². The van der Waals surface area contributed by atoms with Crippen molar-refractivity contribution in [1.82, 2.24) is 14.8 Å². The molecule has 0 saturated heterocycles. The lowest BCUT2D eigenvalue weighted by Gasteiger charge is -2.18. The molecule has 0 fully saturated rings. The number of anilines is 1. The largest absolute Gasteiger partial charge is 0.456 e. The minimum atomic E-state index is -0.912. The minimum Gasteiger partial charge on any atom is -0.456 e. The molecule has 0 bridgehead atoms. The fourth-order valence-corrected chi connectivity index (χ4v) is 3.83. The van der Waals surface area contributed by atoms with E-state index in [2.05, 4.69) is 21.5 Å². The van der Waals surface area contributed by atoms with E-state index in [1.165, 1.54) is 12.3 Å². The smallest absolute Gasteiger partial charge is 0.251 e. The van der Waals surface area contributed by atoms with Gasteiger partial charge in [-0.25, -0.2) is 4.39 Å². The molecule has 0 spiro atoms. The number of carbonyl (C=O) groups excluding carboxylic acids is 2. The molecule has 0 unspecified atom stereocenters. The van der Waals surface area contributed by atoms with Crippen LogP contribution < -0.4 is 15.8 Å². The summed E-state index contributed by atoms with van der Waals surface area (Å²) in [6, 6.07) is 9.42. The predicted molar refractivity (Wildman–Crippen MR) is 136 cm³/mol. The number of nitrogens with two attached hydrogens (primary N) is 1. The number of hydrogen-bond acceptors (Lipinski definition) is 6. The topological polar surface area (TPSA) is 136 Å². The van der Waals surface area contributed by atoms with Gasteiger partial charge in [-0.1, -0.05) is 6.07 Å². The molecule has 3 N–H and O–H groups in total. The second-order valence-electron chi connectivity index (χ2n) is 9.53. The Kier molecular flexibility index (Phi) is 6.64. The highest BCUT2D eigenvalue weighted by Crippen LogP contribution is 2.34. The lowest BCUT2D eigenvalue weighted by atomic mass is 9.99. The number of pyridine rings is 1. The molecular formula is C27H25FN6O3. The molecule has 0 radical (unpaired) electrons. The Morgan fingerprint density at radius 3 is 2.62 bits per heavy atom. The quantitative estimate of drug-likeness (QED) is 0.398. The van der Waals surface area contributed by atoms with Crippen molar-refractivity contribution in [1.29, 1.82) is 5.26 Å². The third-order valence-electron chi connectivity index (χ3n) is 5.79. The molecule has 2 aromatic carbocycles. The van der Waals surface area contributed by atoms with Crippen molar-refractivity contribution < 1.29 is 18.7 Å². The average Bonchev–Trinajstić information content (AvgIpc) is 3.29. The normalized spacial score (nSPS) is 11.2. The van der Waals surface area contributed by atoms with Crippen molar-refractivity contribution in [3.8, 4) is 17.6 Å². The molecule has 4 aromatic rings. The van der Waals surface area contributed by atoms with Crippen molar-refractivity contribution in [3.05, 3.63) is 77.0 Å². The molecule has 9 nitrogen and oxygen atoms in total. The Hall–Kier alpha value is -4.78. The van der Waals surface area contributed by atoms with Crippen molar-refractivity contribution in [2.75, 3.05) is 5.32 Å². The van der Waals surface area contributed by atoms with Gasteiger partial charge in [0.2, 0.25) is 5.91 Å².